The molecule has 2 aliphatic rings. The van der Waals surface area contributed by atoms with E-state index in [9.17, 15) is 4.79 Å². The molecule has 0 radical (unpaired) electrons. The molecule has 0 saturated carbocycles. The van der Waals surface area contributed by atoms with Crippen LogP contribution >= 0.6 is 11.6 Å². The molecule has 1 spiro atoms. The third-order valence-corrected chi connectivity index (χ3v) is 6.62. The van der Waals surface area contributed by atoms with E-state index in [0.717, 1.165) is 68.9 Å². The molecule has 0 bridgehead atoms. The molecule has 148 valence electrons. The second kappa shape index (κ2) is 8.62. The largest absolute Gasteiger partial charge is 0.338 e. The highest BCUT2D eigenvalue weighted by molar-refractivity contribution is 6.30. The van der Waals surface area contributed by atoms with Crippen LogP contribution in [0.15, 0.2) is 48.8 Å². The molecule has 1 amide bonds. The number of benzene rings is 1. The molecule has 0 atom stereocenters. The van der Waals surface area contributed by atoms with E-state index in [-0.39, 0.29) is 5.41 Å². The Labute approximate surface area is 172 Å². The number of likely N-dealkylation sites (tertiary alicyclic amines) is 2. The quantitative estimate of drug-likeness (QED) is 0.733. The minimum absolute atomic E-state index is 0.116. The fourth-order valence-electron chi connectivity index (χ4n) is 4.58. The van der Waals surface area contributed by atoms with E-state index in [1.54, 1.807) is 6.20 Å². The number of carbonyl (C=O) groups is 1. The average Bonchev–Trinajstić information content (AvgIpc) is 3.02. The van der Waals surface area contributed by atoms with Crippen LogP contribution in [0.2, 0.25) is 5.02 Å². The van der Waals surface area contributed by atoms with Gasteiger partial charge in [-0.05, 0) is 81.1 Å². The molecule has 1 aromatic carbocycles. The van der Waals surface area contributed by atoms with Crippen molar-refractivity contribution in [2.45, 2.75) is 38.6 Å². The van der Waals surface area contributed by atoms with Gasteiger partial charge in [0, 0.05) is 30.5 Å². The van der Waals surface area contributed by atoms with E-state index in [1.165, 1.54) is 5.56 Å². The number of aryl methyl sites for hydroxylation is 1. The summed E-state index contributed by atoms with van der Waals surface area (Å²) in [5.41, 5.74) is 2.34. The second-order valence-corrected chi connectivity index (χ2v) is 8.63. The molecular formula is C23H28ClN3O. The van der Waals surface area contributed by atoms with Crippen LogP contribution in [0.1, 0.15) is 36.8 Å². The molecule has 0 unspecified atom stereocenters. The highest BCUT2D eigenvalue weighted by Crippen LogP contribution is 2.42. The van der Waals surface area contributed by atoms with Crippen molar-refractivity contribution in [3.63, 3.8) is 0 Å². The summed E-state index contributed by atoms with van der Waals surface area (Å²) in [6.45, 7) is 4.75. The summed E-state index contributed by atoms with van der Waals surface area (Å²) in [4.78, 5) is 21.8. The van der Waals surface area contributed by atoms with Crippen LogP contribution in [0.25, 0.3) is 0 Å². The van der Waals surface area contributed by atoms with Crippen LogP contribution in [0.5, 0.6) is 0 Å². The van der Waals surface area contributed by atoms with Crippen LogP contribution in [-0.2, 0) is 17.8 Å². The Morgan fingerprint density at radius 1 is 1.00 bits per heavy atom. The van der Waals surface area contributed by atoms with Gasteiger partial charge in [0.15, 0.2) is 0 Å². The highest BCUT2D eigenvalue weighted by Gasteiger charge is 2.47. The summed E-state index contributed by atoms with van der Waals surface area (Å²) < 4.78 is 0. The first-order chi connectivity index (χ1) is 13.6. The number of hydrogen-bond acceptors (Lipinski definition) is 3. The van der Waals surface area contributed by atoms with Crippen molar-refractivity contribution in [3.8, 4) is 0 Å². The van der Waals surface area contributed by atoms with Crippen LogP contribution in [0, 0.1) is 5.41 Å². The van der Waals surface area contributed by atoms with Crippen LogP contribution < -0.4 is 0 Å². The molecule has 4 nitrogen and oxygen atoms in total. The molecule has 5 heteroatoms. The Balaban J connectivity index is 1.24. The van der Waals surface area contributed by atoms with Crippen LogP contribution in [0.3, 0.4) is 0 Å². The van der Waals surface area contributed by atoms with Gasteiger partial charge in [0.1, 0.15) is 0 Å². The maximum atomic E-state index is 13.1. The van der Waals surface area contributed by atoms with Gasteiger partial charge in [-0.1, -0.05) is 29.8 Å². The average molecular weight is 398 g/mol. The molecule has 2 fully saturated rings. The van der Waals surface area contributed by atoms with Crippen LogP contribution in [0.4, 0.5) is 0 Å². The van der Waals surface area contributed by atoms with Crippen LogP contribution in [-0.4, -0.2) is 46.9 Å². The molecular weight excluding hydrogens is 370 g/mol. The van der Waals surface area contributed by atoms with Crippen molar-refractivity contribution in [3.05, 3.63) is 64.9 Å². The van der Waals surface area contributed by atoms with E-state index in [1.807, 2.05) is 29.3 Å². The van der Waals surface area contributed by atoms with Gasteiger partial charge in [-0.15, -0.1) is 0 Å². The Morgan fingerprint density at radius 3 is 2.46 bits per heavy atom. The van der Waals surface area contributed by atoms with E-state index >= 15 is 0 Å². The fraction of sp³-hybridized carbons (Fsp3) is 0.478. The molecule has 2 saturated heterocycles. The van der Waals surface area contributed by atoms with E-state index < -0.39 is 0 Å². The molecule has 1 aromatic heterocycles. The van der Waals surface area contributed by atoms with Gasteiger partial charge in [0.25, 0.3) is 0 Å². The lowest BCUT2D eigenvalue weighted by Crippen LogP contribution is -2.44. The number of halogens is 1. The maximum absolute atomic E-state index is 13.1. The lowest BCUT2D eigenvalue weighted by molar-refractivity contribution is -0.138. The normalized spacial score (nSPS) is 19.5. The molecule has 0 N–H and O–H groups in total. The van der Waals surface area contributed by atoms with Gasteiger partial charge in [0.2, 0.25) is 5.91 Å². The van der Waals surface area contributed by atoms with Gasteiger partial charge in [-0.3, -0.25) is 9.78 Å². The van der Waals surface area contributed by atoms with Gasteiger partial charge in [-0.2, -0.15) is 0 Å². The Kier molecular flexibility index (Phi) is 5.98. The standard InChI is InChI=1S/C23H28ClN3O/c24-21-7-5-19(6-8-21)4-2-13-26-14-9-23(10-15-26)11-16-27(22(23)28)18-20-3-1-12-25-17-20/h1,3,5-8,12,17H,2,4,9-11,13-16,18H2. The van der Waals surface area contributed by atoms with Crippen molar-refractivity contribution in [1.82, 2.24) is 14.8 Å². The maximum Gasteiger partial charge on any atom is 0.229 e. The first-order valence-corrected chi connectivity index (χ1v) is 10.7. The lowest BCUT2D eigenvalue weighted by Gasteiger charge is -2.38. The topological polar surface area (TPSA) is 36.4 Å². The number of aromatic nitrogens is 1. The van der Waals surface area contributed by atoms with Crippen molar-refractivity contribution in [2.75, 3.05) is 26.2 Å². The van der Waals surface area contributed by atoms with Gasteiger partial charge in [0.05, 0.1) is 5.41 Å². The fourth-order valence-corrected chi connectivity index (χ4v) is 4.71. The van der Waals surface area contributed by atoms with Gasteiger partial charge < -0.3 is 9.80 Å². The van der Waals surface area contributed by atoms with E-state index in [2.05, 4.69) is 28.1 Å². The smallest absolute Gasteiger partial charge is 0.229 e. The van der Waals surface area contributed by atoms with E-state index in [0.29, 0.717) is 12.5 Å². The Morgan fingerprint density at radius 2 is 1.75 bits per heavy atom. The molecule has 2 aromatic rings. The van der Waals surface area contributed by atoms with Crippen molar-refractivity contribution in [2.24, 2.45) is 5.41 Å². The summed E-state index contributed by atoms with van der Waals surface area (Å²) in [7, 11) is 0. The number of rotatable bonds is 6. The number of nitrogens with zero attached hydrogens (tertiary/aromatic N) is 3. The summed E-state index contributed by atoms with van der Waals surface area (Å²) in [6, 6.07) is 12.1. The van der Waals surface area contributed by atoms with Gasteiger partial charge >= 0.3 is 0 Å². The molecule has 28 heavy (non-hydrogen) atoms. The minimum atomic E-state index is -0.116. The number of piperidine rings is 1. The Hall–Kier alpha value is -1.91. The summed E-state index contributed by atoms with van der Waals surface area (Å²) in [5.74, 6) is 0.358. The second-order valence-electron chi connectivity index (χ2n) is 8.19. The third-order valence-electron chi connectivity index (χ3n) is 6.36. The van der Waals surface area contributed by atoms with Gasteiger partial charge in [-0.25, -0.2) is 0 Å². The lowest BCUT2D eigenvalue weighted by atomic mass is 9.77. The number of carbonyl (C=O) groups excluding carboxylic acids is 1. The first kappa shape index (κ1) is 19.4. The summed E-state index contributed by atoms with van der Waals surface area (Å²) in [5, 5.41) is 0.795. The number of hydrogen-bond donors (Lipinski definition) is 0. The van der Waals surface area contributed by atoms with Crippen molar-refractivity contribution < 1.29 is 4.79 Å². The first-order valence-electron chi connectivity index (χ1n) is 10.3. The number of amides is 1. The predicted octanol–water partition coefficient (Wildman–Crippen LogP) is 4.18. The molecule has 3 heterocycles. The Bertz CT molecular complexity index is 785. The highest BCUT2D eigenvalue weighted by atomic mass is 35.5. The zero-order valence-electron chi connectivity index (χ0n) is 16.3. The predicted molar refractivity (Wildman–Crippen MR) is 112 cm³/mol. The zero-order chi connectivity index (χ0) is 19.4. The SMILES string of the molecule is O=C1N(Cc2cccnc2)CCC12CCN(CCCc1ccc(Cl)cc1)CC2. The molecule has 0 aliphatic carbocycles. The molecule has 4 rings (SSSR count). The zero-order valence-corrected chi connectivity index (χ0v) is 17.1. The monoisotopic (exact) mass is 397 g/mol. The summed E-state index contributed by atoms with van der Waals surface area (Å²) >= 11 is 5.95. The van der Waals surface area contributed by atoms with Crippen molar-refractivity contribution >= 4 is 17.5 Å². The summed E-state index contributed by atoms with van der Waals surface area (Å²) in [6.07, 6.45) is 8.87. The van der Waals surface area contributed by atoms with Crippen molar-refractivity contribution in [1.29, 1.82) is 0 Å². The minimum Gasteiger partial charge on any atom is -0.338 e. The number of pyridine rings is 1. The van der Waals surface area contributed by atoms with E-state index in [4.69, 9.17) is 11.6 Å². The molecule has 2 aliphatic heterocycles. The third kappa shape index (κ3) is 4.39.